The number of imidazole rings is 1. The van der Waals surface area contributed by atoms with Crippen molar-refractivity contribution in [3.8, 4) is 0 Å². The number of rotatable bonds is 7. The fourth-order valence-corrected chi connectivity index (χ4v) is 4.50. The molecule has 1 aliphatic rings. The molecule has 1 atom stereocenters. The predicted molar refractivity (Wildman–Crippen MR) is 122 cm³/mol. The topological polar surface area (TPSA) is 78.1 Å². The van der Waals surface area contributed by atoms with Crippen LogP contribution in [0.1, 0.15) is 36.7 Å². The summed E-state index contributed by atoms with van der Waals surface area (Å²) in [6.45, 7) is 2.77. The van der Waals surface area contributed by atoms with Gasteiger partial charge >= 0.3 is 0 Å². The molecule has 1 aliphatic heterocycles. The Labute approximate surface area is 180 Å². The Hall–Kier alpha value is -2.80. The van der Waals surface area contributed by atoms with Gasteiger partial charge in [0.05, 0.1) is 22.8 Å². The standard InChI is InChI=1S/C23H26N4O2S/c1-16-8-10-17(11-9-16)24-21(28)15-30-14-12-22(29)27-13-4-7-20(27)23-25-18-5-2-3-6-19(18)26-23/h2-3,5-6,8-11,20H,4,7,12-15H2,1H3,(H,24,28)(H,25,26)/t20-/m0/s1. The van der Waals surface area contributed by atoms with Crippen LogP contribution in [0.4, 0.5) is 5.69 Å². The number of fused-ring (bicyclic) bond motifs is 1. The average Bonchev–Trinajstić information content (AvgIpc) is 3.39. The fourth-order valence-electron chi connectivity index (χ4n) is 3.78. The van der Waals surface area contributed by atoms with E-state index in [0.717, 1.165) is 47.5 Å². The molecule has 1 aromatic heterocycles. The van der Waals surface area contributed by atoms with Crippen molar-refractivity contribution in [1.82, 2.24) is 14.9 Å². The number of aromatic nitrogens is 2. The maximum absolute atomic E-state index is 12.8. The number of thioether (sulfide) groups is 1. The zero-order valence-electron chi connectivity index (χ0n) is 17.1. The van der Waals surface area contributed by atoms with Crippen molar-refractivity contribution in [1.29, 1.82) is 0 Å². The van der Waals surface area contributed by atoms with E-state index in [1.807, 2.05) is 60.4 Å². The molecule has 7 heteroatoms. The number of carbonyl (C=O) groups excluding carboxylic acids is 2. The van der Waals surface area contributed by atoms with Crippen LogP contribution in [0.5, 0.6) is 0 Å². The van der Waals surface area contributed by atoms with Crippen LogP contribution < -0.4 is 5.32 Å². The lowest BCUT2D eigenvalue weighted by Gasteiger charge is -2.23. The number of carbonyl (C=O) groups is 2. The molecule has 2 heterocycles. The number of para-hydroxylation sites is 2. The Balaban J connectivity index is 1.25. The van der Waals surface area contributed by atoms with Gasteiger partial charge in [0.25, 0.3) is 0 Å². The Morgan fingerprint density at radius 1 is 1.20 bits per heavy atom. The van der Waals surface area contributed by atoms with Crippen LogP contribution in [0.2, 0.25) is 0 Å². The molecule has 1 fully saturated rings. The first-order valence-corrected chi connectivity index (χ1v) is 11.4. The van der Waals surface area contributed by atoms with Crippen molar-refractivity contribution in [3.63, 3.8) is 0 Å². The van der Waals surface area contributed by atoms with Crippen molar-refractivity contribution in [2.45, 2.75) is 32.2 Å². The molecule has 3 aromatic rings. The van der Waals surface area contributed by atoms with Gasteiger partial charge in [0.15, 0.2) is 0 Å². The Morgan fingerprint density at radius 2 is 2.00 bits per heavy atom. The summed E-state index contributed by atoms with van der Waals surface area (Å²) in [6, 6.07) is 15.7. The maximum atomic E-state index is 12.8. The molecule has 4 rings (SSSR count). The van der Waals surface area contributed by atoms with Crippen molar-refractivity contribution in [2.24, 2.45) is 0 Å². The summed E-state index contributed by atoms with van der Waals surface area (Å²) in [5, 5.41) is 2.89. The summed E-state index contributed by atoms with van der Waals surface area (Å²) >= 11 is 1.49. The lowest BCUT2D eigenvalue weighted by Crippen LogP contribution is -2.31. The molecule has 2 aromatic carbocycles. The van der Waals surface area contributed by atoms with Crippen LogP contribution in [0, 0.1) is 6.92 Å². The van der Waals surface area contributed by atoms with Gasteiger partial charge in [-0.25, -0.2) is 4.98 Å². The average molecular weight is 423 g/mol. The third kappa shape index (κ3) is 4.84. The summed E-state index contributed by atoms with van der Waals surface area (Å²) in [6.07, 6.45) is 2.34. The van der Waals surface area contributed by atoms with E-state index in [4.69, 9.17) is 0 Å². The van der Waals surface area contributed by atoms with Crippen LogP contribution in [0.25, 0.3) is 11.0 Å². The van der Waals surface area contributed by atoms with E-state index in [1.54, 1.807) is 0 Å². The van der Waals surface area contributed by atoms with E-state index in [2.05, 4.69) is 15.3 Å². The zero-order chi connectivity index (χ0) is 20.9. The van der Waals surface area contributed by atoms with Gasteiger partial charge in [0.1, 0.15) is 5.82 Å². The van der Waals surface area contributed by atoms with Gasteiger partial charge in [0.2, 0.25) is 11.8 Å². The normalized spacial score (nSPS) is 16.2. The van der Waals surface area contributed by atoms with Gasteiger partial charge in [-0.2, -0.15) is 11.8 Å². The van der Waals surface area contributed by atoms with E-state index in [9.17, 15) is 9.59 Å². The molecule has 2 amide bonds. The Morgan fingerprint density at radius 3 is 2.80 bits per heavy atom. The SMILES string of the molecule is Cc1ccc(NC(=O)CSCCC(=O)N2CCC[C@H]2c2nc3ccccc3[nH]2)cc1. The predicted octanol–water partition coefficient (Wildman–Crippen LogP) is 4.30. The number of benzene rings is 2. The van der Waals surface area contributed by atoms with Crippen LogP contribution in [-0.2, 0) is 9.59 Å². The lowest BCUT2D eigenvalue weighted by molar-refractivity contribution is -0.131. The van der Waals surface area contributed by atoms with Crippen LogP contribution in [-0.4, -0.2) is 44.7 Å². The number of H-pyrrole nitrogens is 1. The largest absolute Gasteiger partial charge is 0.340 e. The summed E-state index contributed by atoms with van der Waals surface area (Å²) in [7, 11) is 0. The molecule has 0 bridgehead atoms. The highest BCUT2D eigenvalue weighted by atomic mass is 32.2. The van der Waals surface area contributed by atoms with E-state index in [0.29, 0.717) is 17.9 Å². The highest BCUT2D eigenvalue weighted by molar-refractivity contribution is 7.99. The van der Waals surface area contributed by atoms with Crippen molar-refractivity contribution in [3.05, 3.63) is 59.9 Å². The minimum absolute atomic E-state index is 0.0136. The molecule has 0 spiro atoms. The van der Waals surface area contributed by atoms with Gasteiger partial charge in [-0.3, -0.25) is 9.59 Å². The van der Waals surface area contributed by atoms with Gasteiger partial charge in [0, 0.05) is 24.4 Å². The highest BCUT2D eigenvalue weighted by Gasteiger charge is 2.31. The summed E-state index contributed by atoms with van der Waals surface area (Å²) in [5.41, 5.74) is 3.89. The number of aromatic amines is 1. The second kappa shape index (κ2) is 9.34. The van der Waals surface area contributed by atoms with Crippen molar-refractivity contribution in [2.75, 3.05) is 23.4 Å². The summed E-state index contributed by atoms with van der Waals surface area (Å²) in [4.78, 5) is 34.9. The maximum Gasteiger partial charge on any atom is 0.234 e. The minimum atomic E-state index is -0.0439. The minimum Gasteiger partial charge on any atom is -0.340 e. The zero-order valence-corrected chi connectivity index (χ0v) is 17.9. The number of aryl methyl sites for hydroxylation is 1. The number of hydrogen-bond donors (Lipinski definition) is 2. The van der Waals surface area contributed by atoms with Crippen LogP contribution >= 0.6 is 11.8 Å². The molecule has 156 valence electrons. The number of amides is 2. The summed E-state index contributed by atoms with van der Waals surface area (Å²) in [5.74, 6) is 1.92. The molecule has 0 saturated carbocycles. The molecular weight excluding hydrogens is 396 g/mol. The van der Waals surface area contributed by atoms with Crippen LogP contribution in [0.3, 0.4) is 0 Å². The quantitative estimate of drug-likeness (QED) is 0.557. The van der Waals surface area contributed by atoms with E-state index in [-0.39, 0.29) is 17.9 Å². The number of hydrogen-bond acceptors (Lipinski definition) is 4. The third-order valence-corrected chi connectivity index (χ3v) is 6.28. The van der Waals surface area contributed by atoms with E-state index in [1.165, 1.54) is 11.8 Å². The fraction of sp³-hybridized carbons (Fsp3) is 0.348. The number of nitrogens with one attached hydrogen (secondary N) is 2. The molecule has 0 aliphatic carbocycles. The molecule has 2 N–H and O–H groups in total. The monoisotopic (exact) mass is 422 g/mol. The highest BCUT2D eigenvalue weighted by Crippen LogP contribution is 2.32. The van der Waals surface area contributed by atoms with Crippen molar-refractivity contribution >= 4 is 40.3 Å². The van der Waals surface area contributed by atoms with Gasteiger partial charge in [-0.05, 0) is 44.0 Å². The smallest absolute Gasteiger partial charge is 0.234 e. The lowest BCUT2D eigenvalue weighted by atomic mass is 10.2. The second-order valence-corrected chi connectivity index (χ2v) is 8.71. The third-order valence-electron chi connectivity index (χ3n) is 5.33. The summed E-state index contributed by atoms with van der Waals surface area (Å²) < 4.78 is 0. The van der Waals surface area contributed by atoms with Gasteiger partial charge in [-0.15, -0.1) is 0 Å². The van der Waals surface area contributed by atoms with E-state index < -0.39 is 0 Å². The first-order valence-electron chi connectivity index (χ1n) is 10.3. The number of likely N-dealkylation sites (tertiary alicyclic amines) is 1. The first kappa shape index (κ1) is 20.5. The number of anilines is 1. The molecule has 0 unspecified atom stereocenters. The molecule has 30 heavy (non-hydrogen) atoms. The van der Waals surface area contributed by atoms with Crippen LogP contribution in [0.15, 0.2) is 48.5 Å². The van der Waals surface area contributed by atoms with Gasteiger partial charge in [-0.1, -0.05) is 29.8 Å². The molecule has 0 radical (unpaired) electrons. The molecule has 6 nitrogen and oxygen atoms in total. The second-order valence-electron chi connectivity index (χ2n) is 7.60. The first-order chi connectivity index (χ1) is 14.6. The number of nitrogens with zero attached hydrogens (tertiary/aromatic N) is 2. The van der Waals surface area contributed by atoms with Gasteiger partial charge < -0.3 is 15.2 Å². The Bertz CT molecular complexity index is 998. The van der Waals surface area contributed by atoms with E-state index >= 15 is 0 Å². The molecule has 1 saturated heterocycles. The molecular formula is C23H26N4O2S. The van der Waals surface area contributed by atoms with Crippen molar-refractivity contribution < 1.29 is 9.59 Å². The Kier molecular flexibility index (Phi) is 6.38.